The first kappa shape index (κ1) is 19.3. The van der Waals surface area contributed by atoms with E-state index < -0.39 is 0 Å². The van der Waals surface area contributed by atoms with Crippen molar-refractivity contribution in [1.82, 2.24) is 0 Å². The molecule has 2 rings (SSSR count). The quantitative estimate of drug-likeness (QED) is 0.780. The maximum Gasteiger partial charge on any atom is 1.00 e. The number of hydrogen-bond donors (Lipinski definition) is 1. The Bertz CT molecular complexity index is 569. The molecule has 0 saturated carbocycles. The molecule has 2 heteroatoms. The first-order valence-corrected chi connectivity index (χ1v) is 8.17. The molecule has 114 valence electrons. The molecule has 0 heterocycles. The summed E-state index contributed by atoms with van der Waals surface area (Å²) in [5.41, 5.74) is 4.91. The number of aryl methyl sites for hydroxylation is 1. The number of unbranched alkanes of at least 4 members (excludes halogenated alkanes) is 2. The van der Waals surface area contributed by atoms with Crippen molar-refractivity contribution in [3.05, 3.63) is 53.6 Å². The molecule has 0 amide bonds. The number of phenolic OH excluding ortho intramolecular Hbond substituents is 1. The molecule has 0 aliphatic rings. The zero-order valence-electron chi connectivity index (χ0n) is 15.2. The van der Waals surface area contributed by atoms with Crippen molar-refractivity contribution in [2.24, 2.45) is 0 Å². The van der Waals surface area contributed by atoms with Crippen LogP contribution in [0.15, 0.2) is 42.5 Å². The van der Waals surface area contributed by atoms with Crippen molar-refractivity contribution in [1.29, 1.82) is 0 Å². The van der Waals surface area contributed by atoms with Gasteiger partial charge in [0.25, 0.3) is 0 Å². The average Bonchev–Trinajstić information content (AvgIpc) is 2.52. The van der Waals surface area contributed by atoms with Gasteiger partial charge in [0.05, 0.1) is 0 Å². The summed E-state index contributed by atoms with van der Waals surface area (Å²) in [6, 6.07) is 14.3. The van der Waals surface area contributed by atoms with E-state index in [4.69, 9.17) is 0 Å². The molecule has 0 aromatic heterocycles. The molecule has 0 aliphatic heterocycles. The normalized spacial score (nSPS) is 10.3. The molecule has 2 aromatic carbocycles. The summed E-state index contributed by atoms with van der Waals surface area (Å²) in [5, 5.41) is 10.4. The average molecular weight is 306 g/mol. The van der Waals surface area contributed by atoms with Crippen LogP contribution in [0.5, 0.6) is 5.75 Å². The molecule has 0 fully saturated rings. The predicted octanol–water partition coefficient (Wildman–Crippen LogP) is 2.86. The number of rotatable bonds is 7. The molecule has 2 aromatic rings. The van der Waals surface area contributed by atoms with Crippen LogP contribution in [0.1, 0.15) is 52.1 Å². The zero-order valence-corrected chi connectivity index (χ0v) is 16.2. The third-order valence-corrected chi connectivity index (χ3v) is 4.03. The fourth-order valence-corrected chi connectivity index (χ4v) is 2.85. The van der Waals surface area contributed by atoms with Gasteiger partial charge in [-0.2, -0.15) is 0 Å². The fraction of sp³-hybridized carbons (Fsp3) is 0.400. The Kier molecular flexibility index (Phi) is 8.85. The van der Waals surface area contributed by atoms with Gasteiger partial charge in [0, 0.05) is 5.56 Å². The van der Waals surface area contributed by atoms with Crippen molar-refractivity contribution < 1.29 is 36.1 Å². The SMILES string of the molecule is CCCCc1ccc(O)c(-c2ccccc2)c1CCCC.[H-].[Na+]. The van der Waals surface area contributed by atoms with Crippen LogP contribution in [0.25, 0.3) is 11.1 Å². The monoisotopic (exact) mass is 306 g/mol. The molecular weight excluding hydrogens is 279 g/mol. The molecular formula is C20H27NaO. The van der Waals surface area contributed by atoms with Gasteiger partial charge in [0.1, 0.15) is 5.75 Å². The van der Waals surface area contributed by atoms with E-state index >= 15 is 0 Å². The minimum absolute atomic E-state index is 0. The molecule has 22 heavy (non-hydrogen) atoms. The topological polar surface area (TPSA) is 20.2 Å². The number of aromatic hydroxyl groups is 1. The van der Waals surface area contributed by atoms with Crippen LogP contribution < -0.4 is 29.6 Å². The Balaban J connectivity index is 0.00000242. The Morgan fingerprint density at radius 3 is 2.14 bits per heavy atom. The number of phenols is 1. The van der Waals surface area contributed by atoms with Gasteiger partial charge in [-0.15, -0.1) is 0 Å². The summed E-state index contributed by atoms with van der Waals surface area (Å²) >= 11 is 0. The first-order valence-electron chi connectivity index (χ1n) is 8.17. The Morgan fingerprint density at radius 2 is 1.50 bits per heavy atom. The maximum absolute atomic E-state index is 10.4. The minimum atomic E-state index is 0. The van der Waals surface area contributed by atoms with Crippen molar-refractivity contribution in [3.63, 3.8) is 0 Å². The summed E-state index contributed by atoms with van der Waals surface area (Å²) in [7, 11) is 0. The van der Waals surface area contributed by atoms with Crippen LogP contribution >= 0.6 is 0 Å². The van der Waals surface area contributed by atoms with E-state index in [1.807, 2.05) is 24.3 Å². The number of hydrogen-bond acceptors (Lipinski definition) is 1. The smallest absolute Gasteiger partial charge is 1.00 e. The summed E-state index contributed by atoms with van der Waals surface area (Å²) in [6.07, 6.45) is 6.91. The van der Waals surface area contributed by atoms with E-state index in [2.05, 4.69) is 32.0 Å². The van der Waals surface area contributed by atoms with Gasteiger partial charge < -0.3 is 6.53 Å². The van der Waals surface area contributed by atoms with Crippen molar-refractivity contribution in [2.45, 2.75) is 52.4 Å². The van der Waals surface area contributed by atoms with Crippen LogP contribution in [-0.2, 0) is 12.8 Å². The molecule has 0 radical (unpaired) electrons. The molecule has 0 aliphatic carbocycles. The summed E-state index contributed by atoms with van der Waals surface area (Å²) < 4.78 is 0. The Hall–Kier alpha value is -0.760. The van der Waals surface area contributed by atoms with Crippen molar-refractivity contribution >= 4 is 0 Å². The first-order chi connectivity index (χ1) is 10.3. The van der Waals surface area contributed by atoms with Crippen LogP contribution in [0.2, 0.25) is 0 Å². The van der Waals surface area contributed by atoms with E-state index in [0.29, 0.717) is 5.75 Å². The van der Waals surface area contributed by atoms with Crippen molar-refractivity contribution in [3.8, 4) is 16.9 Å². The standard InChI is InChI=1S/C20H26O.Na.H/c1-3-5-10-16-14-15-19(21)20(18(16)13-6-4-2)17-11-8-7-9-12-17;;/h7-9,11-12,14-15,21H,3-6,10,13H2,1-2H3;;/q;+1;-1. The van der Waals surface area contributed by atoms with E-state index in [0.717, 1.165) is 24.0 Å². The van der Waals surface area contributed by atoms with E-state index in [-0.39, 0.29) is 31.0 Å². The van der Waals surface area contributed by atoms with Gasteiger partial charge in [0.15, 0.2) is 0 Å². The second-order valence-electron chi connectivity index (χ2n) is 5.67. The van der Waals surface area contributed by atoms with Crippen LogP contribution in [0.3, 0.4) is 0 Å². The second kappa shape index (κ2) is 10.1. The molecule has 0 saturated heterocycles. The maximum atomic E-state index is 10.4. The fourth-order valence-electron chi connectivity index (χ4n) is 2.85. The van der Waals surface area contributed by atoms with Crippen molar-refractivity contribution in [2.75, 3.05) is 0 Å². The van der Waals surface area contributed by atoms with E-state index in [9.17, 15) is 5.11 Å². The summed E-state index contributed by atoms with van der Waals surface area (Å²) in [6.45, 7) is 4.45. The molecule has 0 atom stereocenters. The van der Waals surface area contributed by atoms with Gasteiger partial charge in [-0.05, 0) is 48.4 Å². The number of benzene rings is 2. The Labute approximate surface area is 158 Å². The third kappa shape index (κ3) is 4.87. The second-order valence-corrected chi connectivity index (χ2v) is 5.67. The van der Waals surface area contributed by atoms with Crippen LogP contribution in [0.4, 0.5) is 0 Å². The zero-order chi connectivity index (χ0) is 15.1. The van der Waals surface area contributed by atoms with Crippen LogP contribution in [-0.4, -0.2) is 5.11 Å². The summed E-state index contributed by atoms with van der Waals surface area (Å²) in [4.78, 5) is 0. The third-order valence-electron chi connectivity index (χ3n) is 4.03. The molecule has 0 spiro atoms. The van der Waals surface area contributed by atoms with Gasteiger partial charge in [0.2, 0.25) is 0 Å². The van der Waals surface area contributed by atoms with E-state index in [1.54, 1.807) is 0 Å². The Morgan fingerprint density at radius 1 is 0.864 bits per heavy atom. The molecule has 1 N–H and O–H groups in total. The molecule has 0 bridgehead atoms. The van der Waals surface area contributed by atoms with Crippen LogP contribution in [0, 0.1) is 0 Å². The van der Waals surface area contributed by atoms with E-state index in [1.165, 1.54) is 36.8 Å². The largest absolute Gasteiger partial charge is 1.00 e. The van der Waals surface area contributed by atoms with Gasteiger partial charge in [-0.1, -0.05) is 63.1 Å². The minimum Gasteiger partial charge on any atom is -1.00 e. The summed E-state index contributed by atoms with van der Waals surface area (Å²) in [5.74, 6) is 0.410. The van der Waals surface area contributed by atoms with Gasteiger partial charge >= 0.3 is 29.6 Å². The molecule has 1 nitrogen and oxygen atoms in total. The molecule has 0 unspecified atom stereocenters. The van der Waals surface area contributed by atoms with Gasteiger partial charge in [-0.25, -0.2) is 0 Å². The van der Waals surface area contributed by atoms with Gasteiger partial charge in [-0.3, -0.25) is 0 Å². The predicted molar refractivity (Wildman–Crippen MR) is 91.9 cm³/mol.